The maximum Gasteiger partial charge on any atom is 0.215 e. The molecular weight excluding hydrogens is 286 g/mol. The third kappa shape index (κ3) is 3.71. The van der Waals surface area contributed by atoms with Crippen molar-refractivity contribution in [2.45, 2.75) is 25.1 Å². The topological polar surface area (TPSA) is 64.0 Å². The molecule has 5 nitrogen and oxygen atoms in total. The summed E-state index contributed by atoms with van der Waals surface area (Å²) in [5.41, 5.74) is 0.809. The normalized spacial score (nSPS) is 18.4. The number of hydrogen-bond donors (Lipinski definition) is 1. The Morgan fingerprint density at radius 2 is 2.10 bits per heavy atom. The summed E-state index contributed by atoms with van der Waals surface area (Å²) < 4.78 is 29.1. The maximum absolute atomic E-state index is 12.1. The Hall–Kier alpha value is -1.66. The van der Waals surface area contributed by atoms with Gasteiger partial charge in [-0.15, -0.1) is 0 Å². The monoisotopic (exact) mass is 305 g/mol. The largest absolute Gasteiger partial charge is 0.335 e. The molecule has 2 aromatic rings. The molecule has 1 aromatic heterocycles. The molecule has 0 saturated heterocycles. The van der Waals surface area contributed by atoms with Gasteiger partial charge < -0.3 is 4.57 Å². The summed E-state index contributed by atoms with van der Waals surface area (Å²) in [5.74, 6) is 1.41. The number of nitrogens with one attached hydrogen (secondary N) is 1. The van der Waals surface area contributed by atoms with Gasteiger partial charge in [0.2, 0.25) is 10.0 Å². The van der Waals surface area contributed by atoms with E-state index in [2.05, 4.69) is 14.3 Å². The van der Waals surface area contributed by atoms with Crippen molar-refractivity contribution in [2.24, 2.45) is 5.92 Å². The Labute approximate surface area is 125 Å². The summed E-state index contributed by atoms with van der Waals surface area (Å²) in [4.78, 5) is 4.30. The number of nitrogens with zero attached hydrogens (tertiary/aromatic N) is 2. The average molecular weight is 305 g/mol. The van der Waals surface area contributed by atoms with Crippen LogP contribution in [0.5, 0.6) is 0 Å². The van der Waals surface area contributed by atoms with E-state index in [9.17, 15) is 8.42 Å². The Morgan fingerprint density at radius 1 is 1.29 bits per heavy atom. The molecule has 112 valence electrons. The molecule has 0 amide bonds. The van der Waals surface area contributed by atoms with Crippen LogP contribution in [0.4, 0.5) is 0 Å². The second-order valence-electron chi connectivity index (χ2n) is 5.49. The molecule has 0 bridgehead atoms. The summed E-state index contributed by atoms with van der Waals surface area (Å²) in [6, 6.07) is 9.25. The van der Waals surface area contributed by atoms with Gasteiger partial charge in [0.05, 0.1) is 5.75 Å². The van der Waals surface area contributed by atoms with Crippen LogP contribution in [0.25, 0.3) is 0 Å². The Morgan fingerprint density at radius 3 is 2.90 bits per heavy atom. The fourth-order valence-corrected chi connectivity index (χ4v) is 3.90. The molecule has 1 N–H and O–H groups in total. The van der Waals surface area contributed by atoms with Gasteiger partial charge in [-0.25, -0.2) is 18.1 Å². The predicted molar refractivity (Wildman–Crippen MR) is 81.1 cm³/mol. The van der Waals surface area contributed by atoms with E-state index in [1.807, 2.05) is 36.5 Å². The zero-order chi connectivity index (χ0) is 14.7. The lowest BCUT2D eigenvalue weighted by Crippen LogP contribution is -2.33. The van der Waals surface area contributed by atoms with Gasteiger partial charge in [-0.05, 0) is 17.9 Å². The van der Waals surface area contributed by atoms with E-state index in [-0.39, 0.29) is 5.75 Å². The van der Waals surface area contributed by atoms with Crippen molar-refractivity contribution >= 4 is 10.0 Å². The highest BCUT2D eigenvalue weighted by molar-refractivity contribution is 7.88. The quantitative estimate of drug-likeness (QED) is 0.912. The van der Waals surface area contributed by atoms with E-state index in [1.54, 1.807) is 6.20 Å². The standard InChI is InChI=1S/C15H19N3O2S/c19-21(20,12-13-4-2-1-3-5-13)17-11-14-6-8-18-9-7-16-15(18)10-14/h1-5,7,9,14,17H,6,8,10-12H2. The number of benzene rings is 1. The van der Waals surface area contributed by atoms with Crippen LogP contribution < -0.4 is 4.72 Å². The van der Waals surface area contributed by atoms with E-state index in [1.165, 1.54) is 0 Å². The molecule has 0 fully saturated rings. The van der Waals surface area contributed by atoms with Gasteiger partial charge in [0.15, 0.2) is 0 Å². The number of sulfonamides is 1. The molecular formula is C15H19N3O2S. The van der Waals surface area contributed by atoms with Crippen molar-refractivity contribution in [3.63, 3.8) is 0 Å². The van der Waals surface area contributed by atoms with E-state index in [0.717, 1.165) is 30.8 Å². The Kier molecular flexibility index (Phi) is 4.07. The van der Waals surface area contributed by atoms with Gasteiger partial charge in [-0.3, -0.25) is 0 Å². The average Bonchev–Trinajstić information content (AvgIpc) is 2.93. The Bertz CT molecular complexity index is 695. The molecule has 0 saturated carbocycles. The van der Waals surface area contributed by atoms with Gasteiger partial charge in [-0.1, -0.05) is 30.3 Å². The van der Waals surface area contributed by atoms with Crippen molar-refractivity contribution in [1.82, 2.24) is 14.3 Å². The predicted octanol–water partition coefficient (Wildman–Crippen LogP) is 1.57. The first kappa shape index (κ1) is 14.3. The van der Waals surface area contributed by atoms with Crippen LogP contribution in [0.1, 0.15) is 17.8 Å². The minimum atomic E-state index is -3.28. The van der Waals surface area contributed by atoms with Crippen LogP contribution in [0, 0.1) is 5.92 Å². The van der Waals surface area contributed by atoms with Gasteiger partial charge in [0, 0.05) is 31.9 Å². The molecule has 21 heavy (non-hydrogen) atoms. The second-order valence-corrected chi connectivity index (χ2v) is 7.30. The first-order valence-corrected chi connectivity index (χ1v) is 8.79. The molecule has 3 rings (SSSR count). The van der Waals surface area contributed by atoms with Crippen molar-refractivity contribution in [2.75, 3.05) is 6.54 Å². The molecule has 1 aromatic carbocycles. The minimum absolute atomic E-state index is 0.0369. The number of imidazole rings is 1. The van der Waals surface area contributed by atoms with Gasteiger partial charge >= 0.3 is 0 Å². The summed E-state index contributed by atoms with van der Waals surface area (Å²) in [5, 5.41) is 0. The molecule has 1 aliphatic heterocycles. The maximum atomic E-state index is 12.1. The van der Waals surface area contributed by atoms with Crippen LogP contribution in [-0.4, -0.2) is 24.5 Å². The molecule has 1 unspecified atom stereocenters. The molecule has 1 atom stereocenters. The number of aromatic nitrogens is 2. The van der Waals surface area contributed by atoms with E-state index in [4.69, 9.17) is 0 Å². The third-order valence-corrected chi connectivity index (χ3v) is 5.16. The van der Waals surface area contributed by atoms with Crippen molar-refractivity contribution < 1.29 is 8.42 Å². The summed E-state index contributed by atoms with van der Waals surface area (Å²) in [6.45, 7) is 1.41. The lowest BCUT2D eigenvalue weighted by molar-refractivity contribution is 0.379. The van der Waals surface area contributed by atoms with E-state index in [0.29, 0.717) is 12.5 Å². The number of aryl methyl sites for hydroxylation is 1. The van der Waals surface area contributed by atoms with Crippen LogP contribution in [-0.2, 0) is 28.7 Å². The molecule has 0 aliphatic carbocycles. The molecule has 6 heteroatoms. The van der Waals surface area contributed by atoms with Crippen molar-refractivity contribution in [3.05, 3.63) is 54.1 Å². The smallest absolute Gasteiger partial charge is 0.215 e. The van der Waals surface area contributed by atoms with Gasteiger partial charge in [0.25, 0.3) is 0 Å². The highest BCUT2D eigenvalue weighted by atomic mass is 32.2. The minimum Gasteiger partial charge on any atom is -0.335 e. The van der Waals surface area contributed by atoms with Crippen LogP contribution in [0.15, 0.2) is 42.7 Å². The van der Waals surface area contributed by atoms with Gasteiger partial charge in [0.1, 0.15) is 5.82 Å². The Balaban J connectivity index is 1.55. The van der Waals surface area contributed by atoms with E-state index < -0.39 is 10.0 Å². The molecule has 0 radical (unpaired) electrons. The number of fused-ring (bicyclic) bond motifs is 1. The summed E-state index contributed by atoms with van der Waals surface area (Å²) in [7, 11) is -3.28. The first-order chi connectivity index (χ1) is 10.1. The van der Waals surface area contributed by atoms with Crippen molar-refractivity contribution in [3.8, 4) is 0 Å². The lowest BCUT2D eigenvalue weighted by Gasteiger charge is -2.23. The van der Waals surface area contributed by atoms with Crippen LogP contribution >= 0.6 is 0 Å². The zero-order valence-corrected chi connectivity index (χ0v) is 12.6. The highest BCUT2D eigenvalue weighted by Crippen LogP contribution is 2.18. The number of hydrogen-bond acceptors (Lipinski definition) is 3. The molecule has 1 aliphatic rings. The second kappa shape index (κ2) is 5.99. The zero-order valence-electron chi connectivity index (χ0n) is 11.8. The van der Waals surface area contributed by atoms with Crippen LogP contribution in [0.3, 0.4) is 0 Å². The fraction of sp³-hybridized carbons (Fsp3) is 0.400. The highest BCUT2D eigenvalue weighted by Gasteiger charge is 2.21. The lowest BCUT2D eigenvalue weighted by atomic mass is 9.98. The van der Waals surface area contributed by atoms with Crippen LogP contribution in [0.2, 0.25) is 0 Å². The fourth-order valence-electron chi connectivity index (χ4n) is 2.68. The molecule has 0 spiro atoms. The molecule has 2 heterocycles. The van der Waals surface area contributed by atoms with Crippen molar-refractivity contribution in [1.29, 1.82) is 0 Å². The summed E-state index contributed by atoms with van der Waals surface area (Å²) >= 11 is 0. The third-order valence-electron chi connectivity index (χ3n) is 3.84. The first-order valence-electron chi connectivity index (χ1n) is 7.14. The van der Waals surface area contributed by atoms with Gasteiger partial charge in [-0.2, -0.15) is 0 Å². The SMILES string of the molecule is O=S(=O)(Cc1ccccc1)NCC1CCn2ccnc2C1. The van der Waals surface area contributed by atoms with E-state index >= 15 is 0 Å². The summed E-state index contributed by atoms with van der Waals surface area (Å²) in [6.07, 6.45) is 5.60. The number of rotatable bonds is 5.